The van der Waals surface area contributed by atoms with Gasteiger partial charge in [-0.05, 0) is 44.2 Å². The van der Waals surface area contributed by atoms with Crippen molar-refractivity contribution in [1.82, 2.24) is 0 Å². The number of halogens is 1. The van der Waals surface area contributed by atoms with E-state index in [1.807, 2.05) is 27.7 Å². The largest absolute Gasteiger partial charge is 0.490 e. The Labute approximate surface area is 132 Å². The van der Waals surface area contributed by atoms with Crippen molar-refractivity contribution in [2.75, 3.05) is 13.2 Å². The van der Waals surface area contributed by atoms with Crippen LogP contribution in [0.5, 0.6) is 11.5 Å². The van der Waals surface area contributed by atoms with Crippen LogP contribution in [-0.2, 0) is 4.79 Å². The van der Waals surface area contributed by atoms with Crippen molar-refractivity contribution in [3.63, 3.8) is 0 Å². The quantitative estimate of drug-likeness (QED) is 0.618. The molecular formula is C18H27FO3. The van der Waals surface area contributed by atoms with Crippen molar-refractivity contribution in [2.45, 2.75) is 59.3 Å². The summed E-state index contributed by atoms with van der Waals surface area (Å²) in [5.41, 5.74) is 0.610. The van der Waals surface area contributed by atoms with Crippen LogP contribution < -0.4 is 9.47 Å². The number of hydrogen-bond acceptors (Lipinski definition) is 3. The van der Waals surface area contributed by atoms with Gasteiger partial charge in [-0.15, -0.1) is 0 Å². The molecule has 0 spiro atoms. The maximum Gasteiger partial charge on any atom is 0.164 e. The van der Waals surface area contributed by atoms with E-state index in [-0.39, 0.29) is 17.5 Å². The molecule has 0 saturated carbocycles. The molecule has 0 saturated heterocycles. The van der Waals surface area contributed by atoms with E-state index >= 15 is 0 Å². The average Bonchev–Trinajstić information content (AvgIpc) is 2.51. The monoisotopic (exact) mass is 310 g/mol. The zero-order chi connectivity index (χ0) is 16.5. The summed E-state index contributed by atoms with van der Waals surface area (Å²) < 4.78 is 25.4. The standard InChI is InChI=1S/C18H27FO3/c1-5-13(9-10-14(20)6-2)15-11-17(21-7-3)18(22-8-4)12-16(15)19/h11-13H,5-10H2,1-4H3. The fourth-order valence-electron chi connectivity index (χ4n) is 2.49. The van der Waals surface area contributed by atoms with Gasteiger partial charge in [0.1, 0.15) is 11.6 Å². The summed E-state index contributed by atoms with van der Waals surface area (Å²) in [6, 6.07) is 3.13. The van der Waals surface area contributed by atoms with Gasteiger partial charge in [0.05, 0.1) is 13.2 Å². The Hall–Kier alpha value is -1.58. The summed E-state index contributed by atoms with van der Waals surface area (Å²) in [4.78, 5) is 11.5. The Bertz CT molecular complexity index is 485. The van der Waals surface area contributed by atoms with Gasteiger partial charge < -0.3 is 9.47 Å². The highest BCUT2D eigenvalue weighted by molar-refractivity contribution is 5.78. The van der Waals surface area contributed by atoms with E-state index in [0.717, 1.165) is 6.42 Å². The molecule has 0 aliphatic heterocycles. The molecule has 0 aliphatic carbocycles. The Kier molecular flexibility index (Phi) is 7.92. The van der Waals surface area contributed by atoms with E-state index in [9.17, 15) is 9.18 Å². The minimum Gasteiger partial charge on any atom is -0.490 e. The molecule has 0 bridgehead atoms. The first kappa shape index (κ1) is 18.5. The smallest absolute Gasteiger partial charge is 0.164 e. The number of ketones is 1. The van der Waals surface area contributed by atoms with Gasteiger partial charge in [0.15, 0.2) is 11.5 Å². The second kappa shape index (κ2) is 9.44. The number of hydrogen-bond donors (Lipinski definition) is 0. The van der Waals surface area contributed by atoms with Crippen LogP contribution in [0.3, 0.4) is 0 Å². The van der Waals surface area contributed by atoms with Crippen molar-refractivity contribution >= 4 is 5.78 Å². The van der Waals surface area contributed by atoms with Gasteiger partial charge in [-0.25, -0.2) is 4.39 Å². The Morgan fingerprint density at radius 1 is 1.09 bits per heavy atom. The van der Waals surface area contributed by atoms with Crippen LogP contribution in [0.4, 0.5) is 4.39 Å². The number of Topliss-reactive ketones (excluding diaryl/α,β-unsaturated/α-hetero) is 1. The predicted octanol–water partition coefficient (Wildman–Crippen LogP) is 4.88. The van der Waals surface area contributed by atoms with Crippen molar-refractivity contribution in [1.29, 1.82) is 0 Å². The molecule has 1 unspecified atom stereocenters. The lowest BCUT2D eigenvalue weighted by Crippen LogP contribution is -2.07. The van der Waals surface area contributed by atoms with Gasteiger partial charge in [-0.1, -0.05) is 13.8 Å². The maximum absolute atomic E-state index is 14.4. The molecule has 0 N–H and O–H groups in total. The van der Waals surface area contributed by atoms with Crippen LogP contribution in [0.2, 0.25) is 0 Å². The number of carbonyl (C=O) groups is 1. The SMILES string of the molecule is CCOc1cc(F)c(C(CC)CCC(=O)CC)cc1OCC. The first-order chi connectivity index (χ1) is 10.6. The van der Waals surface area contributed by atoms with E-state index in [2.05, 4.69) is 0 Å². The van der Waals surface area contributed by atoms with Crippen molar-refractivity contribution in [2.24, 2.45) is 0 Å². The van der Waals surface area contributed by atoms with Gasteiger partial charge in [0.25, 0.3) is 0 Å². The van der Waals surface area contributed by atoms with Crippen LogP contribution in [0.1, 0.15) is 64.9 Å². The van der Waals surface area contributed by atoms with Crippen LogP contribution >= 0.6 is 0 Å². The van der Waals surface area contributed by atoms with Gasteiger partial charge in [0.2, 0.25) is 0 Å². The lowest BCUT2D eigenvalue weighted by Gasteiger charge is -2.19. The second-order valence-corrected chi connectivity index (χ2v) is 5.22. The number of benzene rings is 1. The van der Waals surface area contributed by atoms with Crippen molar-refractivity contribution in [3.05, 3.63) is 23.5 Å². The fourth-order valence-corrected chi connectivity index (χ4v) is 2.49. The normalized spacial score (nSPS) is 12.0. The lowest BCUT2D eigenvalue weighted by molar-refractivity contribution is -0.118. The second-order valence-electron chi connectivity index (χ2n) is 5.22. The molecule has 0 aliphatic rings. The van der Waals surface area contributed by atoms with Gasteiger partial charge in [-0.2, -0.15) is 0 Å². The summed E-state index contributed by atoms with van der Waals surface area (Å²) in [6.45, 7) is 8.56. The van der Waals surface area contributed by atoms with Crippen LogP contribution in [0.25, 0.3) is 0 Å². The van der Waals surface area contributed by atoms with E-state index in [4.69, 9.17) is 9.47 Å². The molecule has 0 aromatic heterocycles. The van der Waals surface area contributed by atoms with E-state index < -0.39 is 0 Å². The molecule has 4 heteroatoms. The molecule has 124 valence electrons. The summed E-state index contributed by atoms with van der Waals surface area (Å²) in [7, 11) is 0. The molecule has 0 radical (unpaired) electrons. The molecule has 1 aromatic rings. The Balaban J connectivity index is 3.04. The molecular weight excluding hydrogens is 283 g/mol. The summed E-state index contributed by atoms with van der Waals surface area (Å²) >= 11 is 0. The summed E-state index contributed by atoms with van der Waals surface area (Å²) in [5.74, 6) is 0.953. The minimum atomic E-state index is -0.289. The molecule has 1 atom stereocenters. The Morgan fingerprint density at radius 3 is 2.18 bits per heavy atom. The Morgan fingerprint density at radius 2 is 1.68 bits per heavy atom. The highest BCUT2D eigenvalue weighted by Gasteiger charge is 2.19. The van der Waals surface area contributed by atoms with Gasteiger partial charge >= 0.3 is 0 Å². The fraction of sp³-hybridized carbons (Fsp3) is 0.611. The van der Waals surface area contributed by atoms with Gasteiger partial charge in [-0.3, -0.25) is 4.79 Å². The lowest BCUT2D eigenvalue weighted by atomic mass is 9.90. The van der Waals surface area contributed by atoms with Crippen LogP contribution in [-0.4, -0.2) is 19.0 Å². The third-order valence-electron chi connectivity index (χ3n) is 3.76. The highest BCUT2D eigenvalue weighted by Crippen LogP contribution is 2.36. The zero-order valence-electron chi connectivity index (χ0n) is 14.1. The van der Waals surface area contributed by atoms with Gasteiger partial charge in [0, 0.05) is 18.9 Å². The molecule has 22 heavy (non-hydrogen) atoms. The van der Waals surface area contributed by atoms with Crippen LogP contribution in [0.15, 0.2) is 12.1 Å². The minimum absolute atomic E-state index is 0.0189. The third kappa shape index (κ3) is 5.00. The average molecular weight is 310 g/mol. The van der Waals surface area contributed by atoms with E-state index in [0.29, 0.717) is 49.5 Å². The predicted molar refractivity (Wildman–Crippen MR) is 86.3 cm³/mol. The van der Waals surface area contributed by atoms with Crippen LogP contribution in [0, 0.1) is 5.82 Å². The summed E-state index contributed by atoms with van der Waals surface area (Å²) in [5, 5.41) is 0. The summed E-state index contributed by atoms with van der Waals surface area (Å²) in [6.07, 6.45) is 2.48. The van der Waals surface area contributed by atoms with E-state index in [1.54, 1.807) is 6.07 Å². The van der Waals surface area contributed by atoms with Crippen molar-refractivity contribution < 1.29 is 18.7 Å². The van der Waals surface area contributed by atoms with E-state index in [1.165, 1.54) is 6.07 Å². The molecule has 0 amide bonds. The highest BCUT2D eigenvalue weighted by atomic mass is 19.1. The maximum atomic E-state index is 14.4. The van der Waals surface area contributed by atoms with Crippen molar-refractivity contribution in [3.8, 4) is 11.5 Å². The topological polar surface area (TPSA) is 35.5 Å². The molecule has 1 aromatic carbocycles. The molecule has 0 heterocycles. The number of carbonyl (C=O) groups excluding carboxylic acids is 1. The number of ether oxygens (including phenoxy) is 2. The molecule has 3 nitrogen and oxygen atoms in total. The molecule has 0 fully saturated rings. The number of rotatable bonds is 10. The first-order valence-electron chi connectivity index (χ1n) is 8.17. The third-order valence-corrected chi connectivity index (χ3v) is 3.76. The first-order valence-corrected chi connectivity index (χ1v) is 8.17. The molecule has 1 rings (SSSR count). The zero-order valence-corrected chi connectivity index (χ0v) is 14.1.